The first-order valence-corrected chi connectivity index (χ1v) is 13.6. The molecule has 228 valence electrons. The molecule has 1 aromatic heterocycles. The summed E-state index contributed by atoms with van der Waals surface area (Å²) in [6, 6.07) is 15.8. The lowest BCUT2D eigenvalue weighted by Crippen LogP contribution is -2.44. The van der Waals surface area contributed by atoms with Crippen molar-refractivity contribution in [2.75, 3.05) is 19.8 Å². The highest BCUT2D eigenvalue weighted by atomic mass is 19.4. The minimum atomic E-state index is -4.57. The Bertz CT molecular complexity index is 1430. The number of piperidine rings is 1. The number of aromatic nitrogens is 4. The lowest BCUT2D eigenvalue weighted by Gasteiger charge is -2.42. The Morgan fingerprint density at radius 3 is 1.67 bits per heavy atom. The average Bonchev–Trinajstić information content (AvgIpc) is 3.46. The van der Waals surface area contributed by atoms with Gasteiger partial charge in [-0.25, -0.2) is 4.39 Å². The molecule has 1 fully saturated rings. The topological polar surface area (TPSA) is 67.1 Å². The van der Waals surface area contributed by atoms with E-state index >= 15 is 0 Å². The molecule has 0 bridgehead atoms. The molecule has 5 rings (SSSR count). The molecule has 0 saturated carbocycles. The molecule has 6 nitrogen and oxygen atoms in total. The zero-order chi connectivity index (χ0) is 30.8. The van der Waals surface area contributed by atoms with Crippen LogP contribution in [0, 0.1) is 5.92 Å². The highest BCUT2D eigenvalue weighted by molar-refractivity contribution is 5.54. The third kappa shape index (κ3) is 6.72. The third-order valence-electron chi connectivity index (χ3n) is 7.84. The van der Waals surface area contributed by atoms with Gasteiger partial charge in [0.2, 0.25) is 5.82 Å². The highest BCUT2D eigenvalue weighted by Gasteiger charge is 2.43. The number of halogens is 7. The molecule has 0 spiro atoms. The van der Waals surface area contributed by atoms with Crippen LogP contribution in [0.2, 0.25) is 0 Å². The van der Waals surface area contributed by atoms with Gasteiger partial charge >= 0.3 is 12.4 Å². The van der Waals surface area contributed by atoms with Gasteiger partial charge in [-0.05, 0) is 78.0 Å². The SMILES string of the molecule is OC(c1ccc(C(F)(F)F)cc1)(c1ccc(C(F)(F)F)cc1)C1CCN(Cc2ccc(-c3nnn(CCF)n3)cc2)CC1. The second-order valence-corrected chi connectivity index (χ2v) is 10.6. The maximum atomic E-state index is 13.2. The molecule has 2 heterocycles. The molecule has 0 amide bonds. The number of benzene rings is 3. The van der Waals surface area contributed by atoms with Crippen molar-refractivity contribution >= 4 is 0 Å². The fourth-order valence-electron chi connectivity index (χ4n) is 5.52. The fourth-order valence-corrected chi connectivity index (χ4v) is 5.52. The number of aliphatic hydroxyl groups is 1. The fraction of sp³-hybridized carbons (Fsp3) is 0.367. The summed E-state index contributed by atoms with van der Waals surface area (Å²) in [5.74, 6) is -0.0794. The monoisotopic (exact) mass is 607 g/mol. The van der Waals surface area contributed by atoms with Gasteiger partial charge in [0.15, 0.2) is 0 Å². The van der Waals surface area contributed by atoms with Gasteiger partial charge in [-0.3, -0.25) is 4.90 Å². The molecule has 4 aromatic rings. The molecule has 43 heavy (non-hydrogen) atoms. The molecule has 0 unspecified atom stereocenters. The highest BCUT2D eigenvalue weighted by Crippen LogP contribution is 2.44. The van der Waals surface area contributed by atoms with Crippen molar-refractivity contribution in [3.8, 4) is 11.4 Å². The number of likely N-dealkylation sites (tertiary alicyclic amines) is 1. The number of nitrogens with zero attached hydrogens (tertiary/aromatic N) is 5. The standard InChI is InChI=1S/C30H28F7N5O/c31-15-18-42-39-27(38-40-42)21-3-1-20(2-4-21)19-41-16-13-24(14-17-41)28(43,22-5-9-25(10-6-22)29(32,33)34)23-7-11-26(12-8-23)30(35,36)37/h1-12,24,43H,13-19H2. The second-order valence-electron chi connectivity index (χ2n) is 10.6. The number of tetrazole rings is 1. The van der Waals surface area contributed by atoms with Crippen molar-refractivity contribution < 1.29 is 35.8 Å². The van der Waals surface area contributed by atoms with E-state index in [9.17, 15) is 35.8 Å². The number of hydrogen-bond donors (Lipinski definition) is 1. The largest absolute Gasteiger partial charge is 0.416 e. The van der Waals surface area contributed by atoms with Gasteiger partial charge < -0.3 is 5.11 Å². The molecule has 13 heteroatoms. The average molecular weight is 608 g/mol. The summed E-state index contributed by atoms with van der Waals surface area (Å²) in [6.07, 6.45) is -8.23. The van der Waals surface area contributed by atoms with Gasteiger partial charge in [-0.2, -0.15) is 31.1 Å². The minimum absolute atomic E-state index is 0.0217. The van der Waals surface area contributed by atoms with Crippen LogP contribution in [0.4, 0.5) is 30.7 Å². The van der Waals surface area contributed by atoms with Crippen LogP contribution in [0.25, 0.3) is 11.4 Å². The van der Waals surface area contributed by atoms with Crippen molar-refractivity contribution in [2.45, 2.75) is 43.9 Å². The van der Waals surface area contributed by atoms with E-state index in [2.05, 4.69) is 20.3 Å². The quantitative estimate of drug-likeness (QED) is 0.232. The molecule has 0 atom stereocenters. The van der Waals surface area contributed by atoms with Crippen molar-refractivity contribution in [1.29, 1.82) is 0 Å². The molecule has 0 aliphatic carbocycles. The van der Waals surface area contributed by atoms with E-state index in [1.807, 2.05) is 24.3 Å². The second kappa shape index (κ2) is 12.0. The summed E-state index contributed by atoms with van der Waals surface area (Å²) < 4.78 is 91.8. The van der Waals surface area contributed by atoms with E-state index in [-0.39, 0.29) is 17.7 Å². The first-order chi connectivity index (χ1) is 20.4. The molecule has 1 aliphatic rings. The summed E-state index contributed by atoms with van der Waals surface area (Å²) in [4.78, 5) is 3.35. The summed E-state index contributed by atoms with van der Waals surface area (Å²) in [5.41, 5.74) is -1.46. The molecule has 1 aliphatic heterocycles. The third-order valence-corrected chi connectivity index (χ3v) is 7.84. The summed E-state index contributed by atoms with van der Waals surface area (Å²) in [7, 11) is 0. The maximum Gasteiger partial charge on any atom is 0.416 e. The van der Waals surface area contributed by atoms with Crippen LogP contribution in [0.3, 0.4) is 0 Å². The van der Waals surface area contributed by atoms with Gasteiger partial charge in [-0.1, -0.05) is 48.5 Å². The Labute approximate surface area is 242 Å². The van der Waals surface area contributed by atoms with Gasteiger partial charge in [0.05, 0.1) is 17.7 Å². The zero-order valence-electron chi connectivity index (χ0n) is 22.8. The van der Waals surface area contributed by atoms with Crippen molar-refractivity contribution in [2.24, 2.45) is 5.92 Å². The summed E-state index contributed by atoms with van der Waals surface area (Å²) in [6.45, 7) is 1.11. The molecule has 1 N–H and O–H groups in total. The smallest absolute Gasteiger partial charge is 0.380 e. The van der Waals surface area contributed by atoms with E-state index in [1.165, 1.54) is 29.1 Å². The van der Waals surface area contributed by atoms with Gasteiger partial charge in [0.1, 0.15) is 12.3 Å². The maximum absolute atomic E-state index is 13.2. The first kappa shape index (κ1) is 30.6. The Kier molecular flexibility index (Phi) is 8.57. The van der Waals surface area contributed by atoms with Gasteiger partial charge in [0, 0.05) is 12.1 Å². The van der Waals surface area contributed by atoms with Crippen LogP contribution in [0.15, 0.2) is 72.8 Å². The van der Waals surface area contributed by atoms with Crippen molar-refractivity contribution in [1.82, 2.24) is 25.1 Å². The van der Waals surface area contributed by atoms with Crippen molar-refractivity contribution in [3.63, 3.8) is 0 Å². The number of alkyl halides is 7. The van der Waals surface area contributed by atoms with Crippen LogP contribution < -0.4 is 0 Å². The Balaban J connectivity index is 1.32. The van der Waals surface area contributed by atoms with Gasteiger partial charge in [-0.15, -0.1) is 10.2 Å². The van der Waals surface area contributed by atoms with Crippen LogP contribution in [-0.2, 0) is 31.0 Å². The van der Waals surface area contributed by atoms with Crippen LogP contribution in [0.5, 0.6) is 0 Å². The number of aryl methyl sites for hydroxylation is 1. The van der Waals surface area contributed by atoms with Gasteiger partial charge in [0.25, 0.3) is 0 Å². The van der Waals surface area contributed by atoms with E-state index in [0.717, 1.165) is 35.4 Å². The van der Waals surface area contributed by atoms with E-state index in [1.54, 1.807) is 0 Å². The number of rotatable bonds is 8. The molecule has 1 saturated heterocycles. The Morgan fingerprint density at radius 2 is 1.21 bits per heavy atom. The van der Waals surface area contributed by atoms with E-state index in [0.29, 0.717) is 38.3 Å². The predicted molar refractivity (Wildman–Crippen MR) is 143 cm³/mol. The lowest BCUT2D eigenvalue weighted by molar-refractivity contribution is -0.138. The van der Waals surface area contributed by atoms with Crippen LogP contribution >= 0.6 is 0 Å². The molecule has 0 radical (unpaired) electrons. The Morgan fingerprint density at radius 1 is 0.721 bits per heavy atom. The summed E-state index contributed by atoms with van der Waals surface area (Å²) >= 11 is 0. The normalized spacial score (nSPS) is 15.6. The van der Waals surface area contributed by atoms with Crippen LogP contribution in [-0.4, -0.2) is 50.0 Å². The summed E-state index contributed by atoms with van der Waals surface area (Å²) in [5, 5.41) is 24.0. The lowest BCUT2D eigenvalue weighted by atomic mass is 9.71. The molecule has 3 aromatic carbocycles. The zero-order valence-corrected chi connectivity index (χ0v) is 22.8. The number of hydrogen-bond acceptors (Lipinski definition) is 5. The molecular formula is C30H28F7N5O. The first-order valence-electron chi connectivity index (χ1n) is 13.6. The van der Waals surface area contributed by atoms with E-state index in [4.69, 9.17) is 0 Å². The Hall–Kier alpha value is -3.84. The van der Waals surface area contributed by atoms with E-state index < -0.39 is 41.7 Å². The molecular weight excluding hydrogens is 579 g/mol. The minimum Gasteiger partial charge on any atom is -0.380 e. The predicted octanol–water partition coefficient (Wildman–Crippen LogP) is 6.50. The van der Waals surface area contributed by atoms with Crippen molar-refractivity contribution in [3.05, 3.63) is 101 Å². The van der Waals surface area contributed by atoms with Crippen LogP contribution in [0.1, 0.15) is 40.7 Å².